The number of fused-ring (bicyclic) bond motifs is 1. The number of aryl methyl sites for hydroxylation is 1. The fourth-order valence-corrected chi connectivity index (χ4v) is 5.18. The molecule has 1 atom stereocenters. The minimum absolute atomic E-state index is 0.0957. The number of hydrogen-bond donors (Lipinski definition) is 2. The quantitative estimate of drug-likeness (QED) is 0.614. The van der Waals surface area contributed by atoms with Crippen LogP contribution >= 0.6 is 0 Å². The van der Waals surface area contributed by atoms with E-state index in [2.05, 4.69) is 30.5 Å². The SMILES string of the molecule is Cc1cc2[nH]ncc2cc1[C@H]1CN(S(=O)(=O)c2cn[nH]n2)CCN1CCC(C)(C)F. The largest absolute Gasteiger partial charge is 0.294 e. The second kappa shape index (κ2) is 7.71. The zero-order valence-corrected chi connectivity index (χ0v) is 18.1. The van der Waals surface area contributed by atoms with Crippen molar-refractivity contribution in [2.75, 3.05) is 26.2 Å². The highest BCUT2D eigenvalue weighted by Crippen LogP contribution is 2.33. The number of sulfonamides is 1. The number of aromatic amines is 2. The van der Waals surface area contributed by atoms with E-state index in [1.807, 2.05) is 19.1 Å². The highest BCUT2D eigenvalue weighted by Gasteiger charge is 2.37. The van der Waals surface area contributed by atoms with Gasteiger partial charge in [0.2, 0.25) is 5.03 Å². The standard InChI is InChI=1S/C19H26FN7O2S/c1-13-8-16-14(10-21-23-16)9-15(13)17-12-27(30(28,29)18-11-22-25-24-18)7-6-26(17)5-4-19(2,3)20/h8-11,17H,4-7,12H2,1-3H3,(H,21,23)(H,22,24,25)/t17-/m1/s1. The third kappa shape index (κ3) is 4.09. The molecule has 1 aliphatic rings. The summed E-state index contributed by atoms with van der Waals surface area (Å²) < 4.78 is 41.7. The first kappa shape index (κ1) is 20.9. The molecular weight excluding hydrogens is 409 g/mol. The fraction of sp³-hybridized carbons (Fsp3) is 0.526. The number of piperazine rings is 1. The monoisotopic (exact) mass is 435 g/mol. The van der Waals surface area contributed by atoms with Crippen LogP contribution in [0.25, 0.3) is 10.9 Å². The summed E-state index contributed by atoms with van der Waals surface area (Å²) in [7, 11) is -3.76. The van der Waals surface area contributed by atoms with E-state index in [0.29, 0.717) is 26.1 Å². The molecule has 0 unspecified atom stereocenters. The number of nitrogens with zero attached hydrogens (tertiary/aromatic N) is 5. The Balaban J connectivity index is 1.69. The predicted molar refractivity (Wildman–Crippen MR) is 110 cm³/mol. The maximum Gasteiger partial charge on any atom is 0.264 e. The Morgan fingerprint density at radius 2 is 2.03 bits per heavy atom. The first-order valence-corrected chi connectivity index (χ1v) is 11.3. The highest BCUT2D eigenvalue weighted by molar-refractivity contribution is 7.89. The molecule has 2 N–H and O–H groups in total. The molecule has 30 heavy (non-hydrogen) atoms. The number of halogens is 1. The van der Waals surface area contributed by atoms with E-state index in [0.717, 1.165) is 22.0 Å². The lowest BCUT2D eigenvalue weighted by molar-refractivity contribution is 0.0897. The van der Waals surface area contributed by atoms with Crippen LogP contribution in [0.5, 0.6) is 0 Å². The maximum absolute atomic E-state index is 14.2. The van der Waals surface area contributed by atoms with Crippen LogP contribution in [0, 0.1) is 6.92 Å². The number of nitrogens with one attached hydrogen (secondary N) is 2. The van der Waals surface area contributed by atoms with Crippen molar-refractivity contribution < 1.29 is 12.8 Å². The second-order valence-corrected chi connectivity index (χ2v) is 10.2. The van der Waals surface area contributed by atoms with Crippen LogP contribution in [0.15, 0.2) is 29.6 Å². The molecular formula is C19H26FN7O2S. The van der Waals surface area contributed by atoms with E-state index in [-0.39, 0.29) is 17.6 Å². The summed E-state index contributed by atoms with van der Waals surface area (Å²) in [6, 6.07) is 3.85. The molecule has 3 heterocycles. The molecule has 0 aliphatic carbocycles. The maximum atomic E-state index is 14.2. The molecule has 9 nitrogen and oxygen atoms in total. The van der Waals surface area contributed by atoms with E-state index in [1.54, 1.807) is 20.0 Å². The molecule has 2 aromatic heterocycles. The molecule has 1 saturated heterocycles. The molecule has 11 heteroatoms. The van der Waals surface area contributed by atoms with E-state index in [9.17, 15) is 12.8 Å². The summed E-state index contributed by atoms with van der Waals surface area (Å²) in [4.78, 5) is 2.17. The van der Waals surface area contributed by atoms with Gasteiger partial charge in [0.05, 0.1) is 17.9 Å². The minimum Gasteiger partial charge on any atom is -0.294 e. The van der Waals surface area contributed by atoms with Gasteiger partial charge in [-0.2, -0.15) is 19.7 Å². The molecule has 4 rings (SSSR count). The average Bonchev–Trinajstić information content (AvgIpc) is 3.37. The molecule has 1 aliphatic heterocycles. The zero-order valence-electron chi connectivity index (χ0n) is 17.3. The molecule has 1 aromatic carbocycles. The third-order valence-electron chi connectivity index (χ3n) is 5.63. The Labute approximate surface area is 174 Å². The Kier molecular flexibility index (Phi) is 5.37. The summed E-state index contributed by atoms with van der Waals surface area (Å²) in [6.45, 7) is 6.73. The Bertz CT molecular complexity index is 1120. The van der Waals surface area contributed by atoms with Crippen molar-refractivity contribution in [2.24, 2.45) is 0 Å². The van der Waals surface area contributed by atoms with Crippen LogP contribution in [0.3, 0.4) is 0 Å². The van der Waals surface area contributed by atoms with Crippen molar-refractivity contribution in [2.45, 2.75) is 43.9 Å². The first-order valence-electron chi connectivity index (χ1n) is 9.88. The predicted octanol–water partition coefficient (Wildman–Crippen LogP) is 2.18. The van der Waals surface area contributed by atoms with Crippen LogP contribution in [0.1, 0.15) is 37.4 Å². The van der Waals surface area contributed by atoms with E-state index in [1.165, 1.54) is 10.5 Å². The molecule has 0 saturated carbocycles. The minimum atomic E-state index is -3.76. The van der Waals surface area contributed by atoms with Gasteiger partial charge >= 0.3 is 0 Å². The van der Waals surface area contributed by atoms with Crippen LogP contribution in [0.4, 0.5) is 4.39 Å². The summed E-state index contributed by atoms with van der Waals surface area (Å²) in [5, 5.41) is 17.7. The van der Waals surface area contributed by atoms with Gasteiger partial charge in [-0.1, -0.05) is 0 Å². The van der Waals surface area contributed by atoms with Gasteiger partial charge < -0.3 is 0 Å². The first-order chi connectivity index (χ1) is 14.1. The number of hydrogen-bond acceptors (Lipinski definition) is 6. The van der Waals surface area contributed by atoms with Gasteiger partial charge in [-0.3, -0.25) is 10.00 Å². The van der Waals surface area contributed by atoms with Gasteiger partial charge in [0.25, 0.3) is 10.0 Å². The van der Waals surface area contributed by atoms with Gasteiger partial charge in [-0.15, -0.1) is 5.10 Å². The van der Waals surface area contributed by atoms with Gasteiger partial charge in [-0.25, -0.2) is 12.8 Å². The van der Waals surface area contributed by atoms with E-state index in [4.69, 9.17) is 0 Å². The summed E-state index contributed by atoms with van der Waals surface area (Å²) >= 11 is 0. The lowest BCUT2D eigenvalue weighted by Gasteiger charge is -2.41. The Morgan fingerprint density at radius 1 is 1.23 bits per heavy atom. The molecule has 0 bridgehead atoms. The molecule has 1 fully saturated rings. The lowest BCUT2D eigenvalue weighted by atomic mass is 9.96. The van der Waals surface area contributed by atoms with Crippen LogP contribution in [0.2, 0.25) is 0 Å². The van der Waals surface area contributed by atoms with E-state index >= 15 is 0 Å². The highest BCUT2D eigenvalue weighted by atomic mass is 32.2. The third-order valence-corrected chi connectivity index (χ3v) is 7.37. The van der Waals surface area contributed by atoms with Gasteiger partial charge in [0.15, 0.2) is 0 Å². The zero-order chi connectivity index (χ0) is 21.5. The van der Waals surface area contributed by atoms with Crippen LogP contribution < -0.4 is 0 Å². The molecule has 3 aromatic rings. The molecule has 162 valence electrons. The summed E-state index contributed by atoms with van der Waals surface area (Å²) in [5.74, 6) is 0. The van der Waals surface area contributed by atoms with Crippen molar-refractivity contribution in [3.63, 3.8) is 0 Å². The topological polar surface area (TPSA) is 111 Å². The lowest BCUT2D eigenvalue weighted by Crippen LogP contribution is -2.51. The van der Waals surface area contributed by atoms with Crippen molar-refractivity contribution in [1.29, 1.82) is 0 Å². The van der Waals surface area contributed by atoms with E-state index < -0.39 is 15.7 Å². The molecule has 0 spiro atoms. The fourth-order valence-electron chi connectivity index (χ4n) is 3.91. The Morgan fingerprint density at radius 3 is 2.73 bits per heavy atom. The van der Waals surface area contributed by atoms with Crippen LogP contribution in [-0.4, -0.2) is 75.1 Å². The number of alkyl halides is 1. The van der Waals surface area contributed by atoms with Crippen LogP contribution in [-0.2, 0) is 10.0 Å². The number of aromatic nitrogens is 5. The number of rotatable bonds is 6. The Hall–Kier alpha value is -2.37. The summed E-state index contributed by atoms with van der Waals surface area (Å²) in [6.07, 6.45) is 3.33. The van der Waals surface area contributed by atoms with Gasteiger partial charge in [0.1, 0.15) is 5.67 Å². The smallest absolute Gasteiger partial charge is 0.264 e. The molecule has 0 radical (unpaired) electrons. The van der Waals surface area contributed by atoms with Crippen molar-refractivity contribution in [3.05, 3.63) is 35.7 Å². The second-order valence-electron chi connectivity index (χ2n) is 8.36. The normalized spacial score (nSPS) is 19.5. The van der Waals surface area contributed by atoms with Crippen molar-refractivity contribution >= 4 is 20.9 Å². The number of H-pyrrole nitrogens is 2. The average molecular weight is 436 g/mol. The summed E-state index contributed by atoms with van der Waals surface area (Å²) in [5.41, 5.74) is 1.68. The van der Waals surface area contributed by atoms with Crippen molar-refractivity contribution in [3.8, 4) is 0 Å². The number of benzene rings is 1. The molecule has 0 amide bonds. The van der Waals surface area contributed by atoms with Gasteiger partial charge in [-0.05, 0) is 50.5 Å². The van der Waals surface area contributed by atoms with Crippen molar-refractivity contribution in [1.82, 2.24) is 34.8 Å². The van der Waals surface area contributed by atoms with Gasteiger partial charge in [0, 0.05) is 37.6 Å².